The second-order valence-electron chi connectivity index (χ2n) is 4.78. The van der Waals surface area contributed by atoms with E-state index >= 15 is 0 Å². The van der Waals surface area contributed by atoms with Crippen molar-refractivity contribution in [2.75, 3.05) is 0 Å². The summed E-state index contributed by atoms with van der Waals surface area (Å²) in [6.45, 7) is 2.18. The van der Waals surface area contributed by atoms with E-state index in [4.69, 9.17) is 0 Å². The molecule has 2 atom stereocenters. The summed E-state index contributed by atoms with van der Waals surface area (Å²) < 4.78 is 0. The molecular weight excluding hydrogens is 180 g/mol. The van der Waals surface area contributed by atoms with Crippen LogP contribution in [0.2, 0.25) is 0 Å². The number of rotatable bonds is 0. The lowest BCUT2D eigenvalue weighted by molar-refractivity contribution is 0.437. The molecule has 0 unspecified atom stereocenters. The van der Waals surface area contributed by atoms with Crippen LogP contribution in [0.5, 0.6) is 0 Å². The molecule has 0 saturated carbocycles. The fourth-order valence-corrected chi connectivity index (χ4v) is 2.79. The Balaban J connectivity index is 2.00. The van der Waals surface area contributed by atoms with E-state index in [9.17, 15) is 0 Å². The molecule has 0 heterocycles. The van der Waals surface area contributed by atoms with Crippen LogP contribution in [0.3, 0.4) is 0 Å². The van der Waals surface area contributed by atoms with Gasteiger partial charge in [-0.15, -0.1) is 0 Å². The smallest absolute Gasteiger partial charge is 0.0124 e. The van der Waals surface area contributed by atoms with Crippen molar-refractivity contribution in [1.82, 2.24) is 0 Å². The molecule has 0 nitrogen and oxygen atoms in total. The van der Waals surface area contributed by atoms with Gasteiger partial charge in [-0.2, -0.15) is 0 Å². The molecule has 0 aliphatic heterocycles. The van der Waals surface area contributed by atoms with Gasteiger partial charge in [-0.25, -0.2) is 0 Å². The summed E-state index contributed by atoms with van der Waals surface area (Å²) >= 11 is 0. The molecule has 0 aromatic heterocycles. The zero-order valence-electron chi connectivity index (χ0n) is 9.11. The fourth-order valence-electron chi connectivity index (χ4n) is 2.79. The highest BCUT2D eigenvalue weighted by molar-refractivity contribution is 5.37. The monoisotopic (exact) mass is 196 g/mol. The summed E-state index contributed by atoms with van der Waals surface area (Å²) in [6, 6.07) is 6.91. The van der Waals surface area contributed by atoms with Crippen LogP contribution in [0.1, 0.15) is 16.7 Å². The molecule has 1 aromatic carbocycles. The van der Waals surface area contributed by atoms with E-state index in [1.165, 1.54) is 18.4 Å². The molecule has 0 bridgehead atoms. The van der Waals surface area contributed by atoms with Gasteiger partial charge in [0.05, 0.1) is 0 Å². The second kappa shape index (κ2) is 3.37. The third-order valence-corrected chi connectivity index (χ3v) is 3.65. The van der Waals surface area contributed by atoms with Crippen molar-refractivity contribution < 1.29 is 0 Å². The Morgan fingerprint density at radius 3 is 2.33 bits per heavy atom. The summed E-state index contributed by atoms with van der Waals surface area (Å²) in [5, 5.41) is 0. The zero-order valence-corrected chi connectivity index (χ0v) is 9.11. The topological polar surface area (TPSA) is 0 Å². The summed E-state index contributed by atoms with van der Waals surface area (Å²) in [7, 11) is 0. The highest BCUT2D eigenvalue weighted by Crippen LogP contribution is 2.34. The fraction of sp³-hybridized carbons (Fsp3) is 0.333. The van der Waals surface area contributed by atoms with Gasteiger partial charge in [-0.05, 0) is 42.7 Å². The van der Waals surface area contributed by atoms with Gasteiger partial charge in [-0.1, -0.05) is 48.1 Å². The lowest BCUT2D eigenvalue weighted by Gasteiger charge is -2.31. The minimum Gasteiger partial charge on any atom is -0.0805 e. The third kappa shape index (κ3) is 1.54. The first-order chi connectivity index (χ1) is 7.33. The van der Waals surface area contributed by atoms with Crippen molar-refractivity contribution >= 4 is 0 Å². The first-order valence-corrected chi connectivity index (χ1v) is 5.76. The molecule has 15 heavy (non-hydrogen) atoms. The largest absolute Gasteiger partial charge is 0.0805 e. The molecule has 0 N–H and O–H groups in total. The second-order valence-corrected chi connectivity index (χ2v) is 4.78. The van der Waals surface area contributed by atoms with Gasteiger partial charge in [0.15, 0.2) is 0 Å². The summed E-state index contributed by atoms with van der Waals surface area (Å²) in [6.07, 6.45) is 11.6. The minimum atomic E-state index is 0.740. The molecule has 0 saturated heterocycles. The van der Waals surface area contributed by atoms with Crippen LogP contribution in [0.25, 0.3) is 0 Å². The van der Waals surface area contributed by atoms with Crippen molar-refractivity contribution in [2.24, 2.45) is 11.8 Å². The van der Waals surface area contributed by atoms with Gasteiger partial charge >= 0.3 is 0 Å². The van der Waals surface area contributed by atoms with Gasteiger partial charge in [0.25, 0.3) is 0 Å². The van der Waals surface area contributed by atoms with E-state index in [0.29, 0.717) is 0 Å². The Bertz CT molecular complexity index is 437. The molecule has 0 heteroatoms. The van der Waals surface area contributed by atoms with Gasteiger partial charge in [0.2, 0.25) is 0 Å². The maximum Gasteiger partial charge on any atom is -0.0124 e. The Morgan fingerprint density at radius 2 is 1.60 bits per heavy atom. The average Bonchev–Trinajstić information content (AvgIpc) is 2.26. The molecule has 1 aromatic rings. The Morgan fingerprint density at radius 1 is 0.933 bits per heavy atom. The molecule has 0 fully saturated rings. The van der Waals surface area contributed by atoms with E-state index in [1.807, 2.05) is 0 Å². The van der Waals surface area contributed by atoms with E-state index in [0.717, 1.165) is 11.8 Å². The van der Waals surface area contributed by atoms with Crippen LogP contribution in [0, 0.1) is 18.8 Å². The van der Waals surface area contributed by atoms with Gasteiger partial charge in [0.1, 0.15) is 0 Å². The van der Waals surface area contributed by atoms with Crippen LogP contribution in [0.4, 0.5) is 0 Å². The molecular formula is C15H16. The number of hydrogen-bond acceptors (Lipinski definition) is 0. The van der Waals surface area contributed by atoms with Crippen molar-refractivity contribution in [3.8, 4) is 0 Å². The molecule has 3 rings (SSSR count). The van der Waals surface area contributed by atoms with Crippen molar-refractivity contribution in [2.45, 2.75) is 19.8 Å². The quantitative estimate of drug-likeness (QED) is 0.596. The number of aryl methyl sites for hydroxylation is 1. The van der Waals surface area contributed by atoms with Crippen molar-refractivity contribution in [3.05, 3.63) is 59.2 Å². The molecule has 2 aliphatic rings. The Hall–Kier alpha value is -1.30. The average molecular weight is 196 g/mol. The van der Waals surface area contributed by atoms with E-state index in [-0.39, 0.29) is 0 Å². The summed E-state index contributed by atoms with van der Waals surface area (Å²) in [4.78, 5) is 0. The van der Waals surface area contributed by atoms with Gasteiger partial charge in [0, 0.05) is 0 Å². The highest BCUT2D eigenvalue weighted by atomic mass is 14.3. The van der Waals surface area contributed by atoms with E-state index in [2.05, 4.69) is 49.4 Å². The molecule has 76 valence electrons. The van der Waals surface area contributed by atoms with Crippen LogP contribution in [0.15, 0.2) is 42.5 Å². The lowest BCUT2D eigenvalue weighted by Crippen LogP contribution is -2.23. The maximum absolute atomic E-state index is 2.37. The standard InChI is InChI=1S/C15H16/c1-11-6-7-14-9-12-4-2-3-5-13(12)10-15(14)8-11/h2-8,12-13H,9-10H2,1H3/t12-,13-/m0/s1. The van der Waals surface area contributed by atoms with Crippen LogP contribution in [-0.4, -0.2) is 0 Å². The predicted molar refractivity (Wildman–Crippen MR) is 63.8 cm³/mol. The third-order valence-electron chi connectivity index (χ3n) is 3.65. The minimum absolute atomic E-state index is 0.740. The van der Waals surface area contributed by atoms with Gasteiger partial charge in [-0.3, -0.25) is 0 Å². The van der Waals surface area contributed by atoms with Crippen LogP contribution >= 0.6 is 0 Å². The zero-order chi connectivity index (χ0) is 10.3. The lowest BCUT2D eigenvalue weighted by atomic mass is 9.74. The first-order valence-electron chi connectivity index (χ1n) is 5.76. The van der Waals surface area contributed by atoms with E-state index < -0.39 is 0 Å². The van der Waals surface area contributed by atoms with E-state index in [1.54, 1.807) is 11.1 Å². The van der Waals surface area contributed by atoms with Crippen molar-refractivity contribution in [1.29, 1.82) is 0 Å². The number of benzene rings is 1. The molecule has 0 spiro atoms. The summed E-state index contributed by atoms with van der Waals surface area (Å²) in [5.74, 6) is 1.48. The summed E-state index contributed by atoms with van der Waals surface area (Å²) in [5.41, 5.74) is 4.51. The number of hydrogen-bond donors (Lipinski definition) is 0. The first kappa shape index (κ1) is 8.96. The van der Waals surface area contributed by atoms with Crippen molar-refractivity contribution in [3.63, 3.8) is 0 Å². The SMILES string of the molecule is Cc1ccc2c(c1)C[C@@H]1C=CC=C[C@H]1C2. The number of allylic oxidation sites excluding steroid dienone is 4. The Kier molecular flexibility index (Phi) is 2.02. The van der Waals surface area contributed by atoms with Gasteiger partial charge < -0.3 is 0 Å². The van der Waals surface area contributed by atoms with Crippen LogP contribution < -0.4 is 0 Å². The molecule has 2 aliphatic carbocycles. The predicted octanol–water partition coefficient (Wildman–Crippen LogP) is 3.45. The normalized spacial score (nSPS) is 27.3. The van der Waals surface area contributed by atoms with Crippen LogP contribution in [-0.2, 0) is 12.8 Å². The maximum atomic E-state index is 2.37. The molecule has 0 amide bonds. The Labute approximate surface area is 91.3 Å². The molecule has 0 radical (unpaired) electrons. The number of fused-ring (bicyclic) bond motifs is 2. The highest BCUT2D eigenvalue weighted by Gasteiger charge is 2.25.